The van der Waals surface area contributed by atoms with Crippen molar-refractivity contribution in [3.63, 3.8) is 0 Å². The molecule has 0 atom stereocenters. The molecule has 7 heteroatoms. The van der Waals surface area contributed by atoms with Crippen molar-refractivity contribution in [2.75, 3.05) is 5.32 Å². The molecular formula is C17H11BrCl2N2OS. The quantitative estimate of drug-likeness (QED) is 0.534. The van der Waals surface area contributed by atoms with Crippen LogP contribution in [0.4, 0.5) is 5.13 Å². The summed E-state index contributed by atoms with van der Waals surface area (Å²) in [5, 5.41) is 4.66. The van der Waals surface area contributed by atoms with Crippen LogP contribution < -0.4 is 5.32 Å². The molecule has 3 rings (SSSR count). The van der Waals surface area contributed by atoms with E-state index in [9.17, 15) is 4.79 Å². The number of thiazole rings is 1. The molecule has 3 aromatic rings. The molecule has 1 amide bonds. The summed E-state index contributed by atoms with van der Waals surface area (Å²) in [4.78, 5) is 17.4. The van der Waals surface area contributed by atoms with Gasteiger partial charge in [0.05, 0.1) is 0 Å². The van der Waals surface area contributed by atoms with Crippen molar-refractivity contribution in [1.29, 1.82) is 0 Å². The standard InChI is InChI=1S/C17H11BrCl2N2OS/c18-12-3-1-10(2-4-12)16(23)22-17-21-9-14(24-17)8-11-7-13(19)5-6-15(11)20/h1-7,9H,8H2,(H,21,22,23). The van der Waals surface area contributed by atoms with Crippen LogP contribution in [0.1, 0.15) is 20.8 Å². The summed E-state index contributed by atoms with van der Waals surface area (Å²) in [5.41, 5.74) is 1.51. The van der Waals surface area contributed by atoms with Crippen LogP contribution in [-0.2, 0) is 6.42 Å². The Balaban J connectivity index is 1.70. The SMILES string of the molecule is O=C(Nc1ncc(Cc2cc(Cl)ccc2Cl)s1)c1ccc(Br)cc1. The predicted molar refractivity (Wildman–Crippen MR) is 103 cm³/mol. The number of hydrogen-bond acceptors (Lipinski definition) is 3. The van der Waals surface area contributed by atoms with Crippen LogP contribution in [0.3, 0.4) is 0 Å². The molecule has 0 bridgehead atoms. The second-order valence-electron chi connectivity index (χ2n) is 5.01. The van der Waals surface area contributed by atoms with Crippen LogP contribution in [0.2, 0.25) is 10.0 Å². The third-order valence-electron chi connectivity index (χ3n) is 3.25. The van der Waals surface area contributed by atoms with Gasteiger partial charge in [-0.3, -0.25) is 10.1 Å². The second kappa shape index (κ2) is 7.66. The number of nitrogens with one attached hydrogen (secondary N) is 1. The Morgan fingerprint density at radius 3 is 2.67 bits per heavy atom. The Bertz CT molecular complexity index is 881. The molecule has 0 aliphatic rings. The highest BCUT2D eigenvalue weighted by Crippen LogP contribution is 2.27. The molecule has 0 aliphatic heterocycles. The maximum absolute atomic E-state index is 12.2. The minimum atomic E-state index is -0.191. The second-order valence-corrected chi connectivity index (χ2v) is 7.88. The van der Waals surface area contributed by atoms with Crippen LogP contribution in [0.25, 0.3) is 0 Å². The lowest BCUT2D eigenvalue weighted by Crippen LogP contribution is -2.11. The van der Waals surface area contributed by atoms with E-state index in [2.05, 4.69) is 26.2 Å². The molecule has 0 spiro atoms. The van der Waals surface area contributed by atoms with E-state index in [1.54, 1.807) is 30.5 Å². The molecule has 1 aromatic heterocycles. The van der Waals surface area contributed by atoms with Gasteiger partial charge >= 0.3 is 0 Å². The molecule has 1 N–H and O–H groups in total. The zero-order chi connectivity index (χ0) is 17.1. The molecule has 0 saturated carbocycles. The number of halogens is 3. The molecule has 1 heterocycles. The zero-order valence-electron chi connectivity index (χ0n) is 12.2. The number of carbonyl (C=O) groups is 1. The van der Waals surface area contributed by atoms with E-state index in [1.165, 1.54) is 11.3 Å². The molecule has 0 unspecified atom stereocenters. The maximum atomic E-state index is 12.2. The Kier molecular flexibility index (Phi) is 5.56. The highest BCUT2D eigenvalue weighted by atomic mass is 79.9. The first-order valence-corrected chi connectivity index (χ1v) is 9.33. The Labute approximate surface area is 161 Å². The third kappa shape index (κ3) is 4.36. The fourth-order valence-corrected chi connectivity index (χ4v) is 3.56. The van der Waals surface area contributed by atoms with Gasteiger partial charge in [-0.15, -0.1) is 11.3 Å². The molecule has 122 valence electrons. The predicted octanol–water partition coefficient (Wildman–Crippen LogP) is 6.06. The summed E-state index contributed by atoms with van der Waals surface area (Å²) in [6.45, 7) is 0. The molecular weight excluding hydrogens is 431 g/mol. The van der Waals surface area contributed by atoms with Gasteiger partial charge in [-0.25, -0.2) is 4.98 Å². The summed E-state index contributed by atoms with van der Waals surface area (Å²) in [6.07, 6.45) is 2.35. The molecule has 0 saturated heterocycles. The number of nitrogens with zero attached hydrogens (tertiary/aromatic N) is 1. The average molecular weight is 442 g/mol. The first-order chi connectivity index (χ1) is 11.5. The highest BCUT2D eigenvalue weighted by molar-refractivity contribution is 9.10. The van der Waals surface area contributed by atoms with Gasteiger partial charge < -0.3 is 0 Å². The van der Waals surface area contributed by atoms with E-state index < -0.39 is 0 Å². The molecule has 3 nitrogen and oxygen atoms in total. The van der Waals surface area contributed by atoms with E-state index >= 15 is 0 Å². The maximum Gasteiger partial charge on any atom is 0.257 e. The molecule has 0 fully saturated rings. The number of amides is 1. The summed E-state index contributed by atoms with van der Waals surface area (Å²) in [6, 6.07) is 12.5. The first-order valence-electron chi connectivity index (χ1n) is 6.97. The Morgan fingerprint density at radius 2 is 1.92 bits per heavy atom. The highest BCUT2D eigenvalue weighted by Gasteiger charge is 2.10. The lowest BCUT2D eigenvalue weighted by atomic mass is 10.1. The van der Waals surface area contributed by atoms with Crippen molar-refractivity contribution >= 4 is 61.5 Å². The van der Waals surface area contributed by atoms with E-state index in [0.717, 1.165) is 14.9 Å². The fourth-order valence-electron chi connectivity index (χ4n) is 2.08. The van der Waals surface area contributed by atoms with Crippen molar-refractivity contribution in [3.05, 3.63) is 79.2 Å². The summed E-state index contributed by atoms with van der Waals surface area (Å²) >= 11 is 16.9. The van der Waals surface area contributed by atoms with Crippen LogP contribution >= 0.6 is 50.5 Å². The van der Waals surface area contributed by atoms with Gasteiger partial charge in [0.2, 0.25) is 0 Å². The minimum absolute atomic E-state index is 0.191. The number of anilines is 1. The lowest BCUT2D eigenvalue weighted by Gasteiger charge is -2.03. The van der Waals surface area contributed by atoms with Gasteiger partial charge in [-0.2, -0.15) is 0 Å². The van der Waals surface area contributed by atoms with Crippen LogP contribution in [0.15, 0.2) is 53.1 Å². The topological polar surface area (TPSA) is 42.0 Å². The van der Waals surface area contributed by atoms with Gasteiger partial charge in [-0.05, 0) is 48.0 Å². The number of rotatable bonds is 4. The molecule has 24 heavy (non-hydrogen) atoms. The normalized spacial score (nSPS) is 10.6. The molecule has 0 radical (unpaired) electrons. The van der Waals surface area contributed by atoms with Crippen LogP contribution in [-0.4, -0.2) is 10.9 Å². The summed E-state index contributed by atoms with van der Waals surface area (Å²) in [7, 11) is 0. The van der Waals surface area contributed by atoms with Gasteiger partial charge in [0, 0.05) is 37.6 Å². The van der Waals surface area contributed by atoms with E-state index in [1.807, 2.05) is 18.2 Å². The van der Waals surface area contributed by atoms with Gasteiger partial charge in [0.1, 0.15) is 0 Å². The van der Waals surface area contributed by atoms with Crippen molar-refractivity contribution in [1.82, 2.24) is 4.98 Å². The van der Waals surface area contributed by atoms with Crippen molar-refractivity contribution in [2.24, 2.45) is 0 Å². The molecule has 2 aromatic carbocycles. The average Bonchev–Trinajstić information content (AvgIpc) is 2.98. The van der Waals surface area contributed by atoms with Crippen molar-refractivity contribution in [2.45, 2.75) is 6.42 Å². The molecule has 0 aliphatic carbocycles. The lowest BCUT2D eigenvalue weighted by molar-refractivity contribution is 0.102. The van der Waals surface area contributed by atoms with E-state index in [-0.39, 0.29) is 5.91 Å². The fraction of sp³-hybridized carbons (Fsp3) is 0.0588. The van der Waals surface area contributed by atoms with Crippen molar-refractivity contribution < 1.29 is 4.79 Å². The minimum Gasteiger partial charge on any atom is -0.298 e. The smallest absolute Gasteiger partial charge is 0.257 e. The first kappa shape index (κ1) is 17.4. The van der Waals surface area contributed by atoms with Gasteiger partial charge in [-0.1, -0.05) is 39.1 Å². The third-order valence-corrected chi connectivity index (χ3v) is 5.30. The monoisotopic (exact) mass is 440 g/mol. The van der Waals surface area contributed by atoms with Crippen molar-refractivity contribution in [3.8, 4) is 0 Å². The Hall–Kier alpha value is -1.40. The Morgan fingerprint density at radius 1 is 1.17 bits per heavy atom. The van der Waals surface area contributed by atoms with Crippen LogP contribution in [0, 0.1) is 0 Å². The zero-order valence-corrected chi connectivity index (χ0v) is 16.1. The largest absolute Gasteiger partial charge is 0.298 e. The number of aromatic nitrogens is 1. The van der Waals surface area contributed by atoms with E-state index in [0.29, 0.717) is 27.2 Å². The van der Waals surface area contributed by atoms with Gasteiger partial charge in [0.25, 0.3) is 5.91 Å². The van der Waals surface area contributed by atoms with E-state index in [4.69, 9.17) is 23.2 Å². The number of benzene rings is 2. The summed E-state index contributed by atoms with van der Waals surface area (Å²) in [5.74, 6) is -0.191. The number of carbonyl (C=O) groups excluding carboxylic acids is 1. The van der Waals surface area contributed by atoms with Gasteiger partial charge in [0.15, 0.2) is 5.13 Å². The number of hydrogen-bond donors (Lipinski definition) is 1. The van der Waals surface area contributed by atoms with Crippen LogP contribution in [0.5, 0.6) is 0 Å². The summed E-state index contributed by atoms with van der Waals surface area (Å²) < 4.78 is 0.925.